The number of H-pyrrole nitrogens is 1. The van der Waals surface area contributed by atoms with Crippen molar-refractivity contribution in [3.8, 4) is 0 Å². The molecule has 1 heterocycles. The average Bonchev–Trinajstić information content (AvgIpc) is 2.89. The Morgan fingerprint density at radius 2 is 2.12 bits per heavy atom. The van der Waals surface area contributed by atoms with Gasteiger partial charge in [-0.15, -0.1) is 0 Å². The van der Waals surface area contributed by atoms with Gasteiger partial charge in [0.2, 0.25) is 0 Å². The molecule has 0 amide bonds. The summed E-state index contributed by atoms with van der Waals surface area (Å²) in [7, 11) is 2.07. The third-order valence-corrected chi connectivity index (χ3v) is 3.66. The molecule has 0 unspecified atom stereocenters. The van der Waals surface area contributed by atoms with Crippen LogP contribution in [0, 0.1) is 12.3 Å². The molecule has 1 aliphatic rings. The molecule has 17 heavy (non-hydrogen) atoms. The van der Waals surface area contributed by atoms with E-state index in [4.69, 9.17) is 0 Å². The lowest BCUT2D eigenvalue weighted by molar-refractivity contribution is 0.0854. The molecule has 2 N–H and O–H groups in total. The molecule has 0 radical (unpaired) electrons. The smallest absolute Gasteiger partial charge is 0.164 e. The lowest BCUT2D eigenvalue weighted by Crippen LogP contribution is -2.36. The van der Waals surface area contributed by atoms with Crippen molar-refractivity contribution in [1.82, 2.24) is 20.1 Å². The van der Waals surface area contributed by atoms with E-state index in [0.717, 1.165) is 37.6 Å². The van der Waals surface area contributed by atoms with Gasteiger partial charge >= 0.3 is 0 Å². The van der Waals surface area contributed by atoms with E-state index in [1.807, 2.05) is 6.92 Å². The number of aromatic nitrogens is 3. The van der Waals surface area contributed by atoms with Crippen molar-refractivity contribution in [2.24, 2.45) is 5.41 Å². The first-order valence-corrected chi connectivity index (χ1v) is 6.31. The largest absolute Gasteiger partial charge is 0.396 e. The second kappa shape index (κ2) is 5.14. The Labute approximate surface area is 102 Å². The molecule has 2 rings (SSSR count). The highest BCUT2D eigenvalue weighted by Gasteiger charge is 2.34. The molecule has 1 aromatic heterocycles. The first kappa shape index (κ1) is 12.5. The van der Waals surface area contributed by atoms with Gasteiger partial charge in [-0.05, 0) is 26.8 Å². The number of nitrogens with one attached hydrogen (secondary N) is 1. The van der Waals surface area contributed by atoms with Gasteiger partial charge in [-0.3, -0.25) is 10.00 Å². The van der Waals surface area contributed by atoms with E-state index in [0.29, 0.717) is 6.61 Å². The maximum absolute atomic E-state index is 9.57. The van der Waals surface area contributed by atoms with Crippen LogP contribution in [0.15, 0.2) is 0 Å². The zero-order valence-electron chi connectivity index (χ0n) is 10.7. The van der Waals surface area contributed by atoms with Gasteiger partial charge in [0.15, 0.2) is 5.82 Å². The molecule has 0 bridgehead atoms. The molecule has 0 atom stereocenters. The molecule has 96 valence electrons. The van der Waals surface area contributed by atoms with Crippen LogP contribution in [0.25, 0.3) is 0 Å². The van der Waals surface area contributed by atoms with Gasteiger partial charge in [0.25, 0.3) is 0 Å². The molecule has 1 aromatic rings. The van der Waals surface area contributed by atoms with Crippen LogP contribution in [0.5, 0.6) is 0 Å². The Balaban J connectivity index is 1.90. The van der Waals surface area contributed by atoms with Crippen molar-refractivity contribution in [2.75, 3.05) is 20.2 Å². The fourth-order valence-electron chi connectivity index (χ4n) is 2.82. The minimum Gasteiger partial charge on any atom is -0.396 e. The van der Waals surface area contributed by atoms with Crippen LogP contribution in [-0.2, 0) is 6.54 Å². The Morgan fingerprint density at radius 3 is 2.65 bits per heavy atom. The van der Waals surface area contributed by atoms with Crippen LogP contribution in [0.2, 0.25) is 0 Å². The van der Waals surface area contributed by atoms with Crippen LogP contribution in [0.4, 0.5) is 0 Å². The van der Waals surface area contributed by atoms with E-state index in [1.54, 1.807) is 0 Å². The summed E-state index contributed by atoms with van der Waals surface area (Å²) in [6.07, 6.45) is 4.77. The minimum atomic E-state index is 0.111. The maximum Gasteiger partial charge on any atom is 0.164 e. The molecule has 1 fully saturated rings. The van der Waals surface area contributed by atoms with Gasteiger partial charge in [-0.2, -0.15) is 5.10 Å². The monoisotopic (exact) mass is 238 g/mol. The van der Waals surface area contributed by atoms with E-state index in [2.05, 4.69) is 27.1 Å². The van der Waals surface area contributed by atoms with Crippen molar-refractivity contribution in [2.45, 2.75) is 39.2 Å². The Bertz CT molecular complexity index is 357. The van der Waals surface area contributed by atoms with Crippen molar-refractivity contribution in [1.29, 1.82) is 0 Å². The number of aromatic amines is 1. The fourth-order valence-corrected chi connectivity index (χ4v) is 2.82. The van der Waals surface area contributed by atoms with Crippen molar-refractivity contribution < 1.29 is 5.11 Å². The molecule has 0 aliphatic heterocycles. The molecule has 1 saturated carbocycles. The predicted molar refractivity (Wildman–Crippen MR) is 65.4 cm³/mol. The Morgan fingerprint density at radius 1 is 1.41 bits per heavy atom. The Hall–Kier alpha value is -0.940. The van der Waals surface area contributed by atoms with E-state index >= 15 is 0 Å². The van der Waals surface area contributed by atoms with Gasteiger partial charge in [0, 0.05) is 18.6 Å². The summed E-state index contributed by atoms with van der Waals surface area (Å²) in [5.74, 6) is 1.68. The summed E-state index contributed by atoms with van der Waals surface area (Å²) in [5, 5.41) is 16.6. The minimum absolute atomic E-state index is 0.111. The summed E-state index contributed by atoms with van der Waals surface area (Å²) >= 11 is 0. The highest BCUT2D eigenvalue weighted by Crippen LogP contribution is 2.38. The molecule has 0 aromatic carbocycles. The van der Waals surface area contributed by atoms with E-state index in [9.17, 15) is 5.11 Å². The summed E-state index contributed by atoms with van der Waals surface area (Å²) in [4.78, 5) is 6.52. The number of nitrogens with zero attached hydrogens (tertiary/aromatic N) is 3. The number of rotatable bonds is 5. The van der Waals surface area contributed by atoms with E-state index < -0.39 is 0 Å². The SMILES string of the molecule is Cc1nc(CN(C)CC2(CO)CCCC2)n[nH]1. The topological polar surface area (TPSA) is 65.0 Å². The van der Waals surface area contributed by atoms with Gasteiger partial charge < -0.3 is 5.11 Å². The lowest BCUT2D eigenvalue weighted by Gasteiger charge is -2.31. The van der Waals surface area contributed by atoms with E-state index in [1.165, 1.54) is 12.8 Å². The number of hydrogen-bond donors (Lipinski definition) is 2. The number of aryl methyl sites for hydroxylation is 1. The quantitative estimate of drug-likeness (QED) is 0.806. The zero-order valence-corrected chi connectivity index (χ0v) is 10.7. The third-order valence-electron chi connectivity index (χ3n) is 3.66. The maximum atomic E-state index is 9.57. The van der Waals surface area contributed by atoms with Crippen LogP contribution < -0.4 is 0 Å². The molecule has 0 saturated heterocycles. The number of aliphatic hydroxyl groups excluding tert-OH is 1. The molecule has 1 aliphatic carbocycles. The second-order valence-corrected chi connectivity index (χ2v) is 5.37. The molecule has 5 nitrogen and oxygen atoms in total. The zero-order chi connectivity index (χ0) is 12.3. The number of hydrogen-bond acceptors (Lipinski definition) is 4. The first-order chi connectivity index (χ1) is 8.13. The fraction of sp³-hybridized carbons (Fsp3) is 0.833. The summed E-state index contributed by atoms with van der Waals surface area (Å²) in [5.41, 5.74) is 0.111. The van der Waals surface area contributed by atoms with Crippen molar-refractivity contribution >= 4 is 0 Å². The van der Waals surface area contributed by atoms with Gasteiger partial charge in [-0.25, -0.2) is 4.98 Å². The van der Waals surface area contributed by atoms with Gasteiger partial charge in [-0.1, -0.05) is 12.8 Å². The average molecular weight is 238 g/mol. The summed E-state index contributed by atoms with van der Waals surface area (Å²) < 4.78 is 0. The van der Waals surface area contributed by atoms with E-state index in [-0.39, 0.29) is 5.41 Å². The van der Waals surface area contributed by atoms with Gasteiger partial charge in [0.1, 0.15) is 5.82 Å². The predicted octanol–water partition coefficient (Wildman–Crippen LogP) is 1.10. The normalized spacial score (nSPS) is 19.1. The lowest BCUT2D eigenvalue weighted by atomic mass is 9.87. The highest BCUT2D eigenvalue weighted by atomic mass is 16.3. The van der Waals surface area contributed by atoms with Crippen molar-refractivity contribution in [3.05, 3.63) is 11.6 Å². The molecular formula is C12H22N4O. The first-order valence-electron chi connectivity index (χ1n) is 6.31. The molecular weight excluding hydrogens is 216 g/mol. The van der Waals surface area contributed by atoms with Crippen LogP contribution in [0.1, 0.15) is 37.3 Å². The molecule has 5 heteroatoms. The highest BCUT2D eigenvalue weighted by molar-refractivity contribution is 4.90. The van der Waals surface area contributed by atoms with Crippen LogP contribution in [0.3, 0.4) is 0 Å². The van der Waals surface area contributed by atoms with Gasteiger partial charge in [0.05, 0.1) is 6.54 Å². The van der Waals surface area contributed by atoms with Crippen molar-refractivity contribution in [3.63, 3.8) is 0 Å². The summed E-state index contributed by atoms with van der Waals surface area (Å²) in [6.45, 7) is 3.87. The molecule has 0 spiro atoms. The summed E-state index contributed by atoms with van der Waals surface area (Å²) in [6, 6.07) is 0. The second-order valence-electron chi connectivity index (χ2n) is 5.37. The van der Waals surface area contributed by atoms with Crippen LogP contribution >= 0.6 is 0 Å². The number of aliphatic hydroxyl groups is 1. The standard InChI is InChI=1S/C12H22N4O/c1-10-13-11(15-14-10)7-16(2)8-12(9-17)5-3-4-6-12/h17H,3-9H2,1-2H3,(H,13,14,15). The third kappa shape index (κ3) is 3.04. The Kier molecular flexibility index (Phi) is 3.79. The van der Waals surface area contributed by atoms with Crippen LogP contribution in [-0.4, -0.2) is 45.4 Å².